The number of nitrogens with one attached hydrogen (secondary N) is 2. The molecule has 8 nitrogen and oxygen atoms in total. The van der Waals surface area contributed by atoms with Gasteiger partial charge < -0.3 is 20.3 Å². The topological polar surface area (TPSA) is 86.8 Å². The summed E-state index contributed by atoms with van der Waals surface area (Å²) < 4.78 is 5.36. The number of anilines is 1. The smallest absolute Gasteiger partial charge is 0.338 e. The minimum absolute atomic E-state index is 0.271. The van der Waals surface area contributed by atoms with Crippen LogP contribution in [0.15, 0.2) is 59.9 Å². The minimum atomic E-state index is -0.548. The number of pyridine rings is 1. The van der Waals surface area contributed by atoms with E-state index in [9.17, 15) is 9.59 Å². The summed E-state index contributed by atoms with van der Waals surface area (Å²) in [7, 11) is 0. The molecular formula is C24H29N5O3. The summed E-state index contributed by atoms with van der Waals surface area (Å²) in [6.07, 6.45) is 1.80. The summed E-state index contributed by atoms with van der Waals surface area (Å²) in [5.74, 6) is 0.556. The number of ether oxygens (including phenoxy) is 1. The number of carbonyl (C=O) groups excluding carboxylic acids is 2. The second kappa shape index (κ2) is 9.82. The number of piperazine rings is 1. The highest BCUT2D eigenvalue weighted by molar-refractivity contribution is 5.95. The highest BCUT2D eigenvalue weighted by Crippen LogP contribution is 2.28. The molecular weight excluding hydrogens is 406 g/mol. The molecule has 1 aromatic heterocycles. The molecule has 2 N–H and O–H groups in total. The van der Waals surface area contributed by atoms with Gasteiger partial charge >= 0.3 is 12.0 Å². The van der Waals surface area contributed by atoms with Crippen LogP contribution in [0.5, 0.6) is 0 Å². The fraction of sp³-hybridized carbons (Fsp3) is 0.375. The van der Waals surface area contributed by atoms with Gasteiger partial charge in [-0.05, 0) is 31.5 Å². The Labute approximate surface area is 188 Å². The van der Waals surface area contributed by atoms with E-state index in [0.717, 1.165) is 43.1 Å². The molecule has 0 spiro atoms. The molecule has 2 aliphatic heterocycles. The van der Waals surface area contributed by atoms with Crippen LogP contribution < -0.4 is 15.5 Å². The van der Waals surface area contributed by atoms with E-state index in [1.165, 1.54) is 0 Å². The maximum atomic E-state index is 12.9. The van der Waals surface area contributed by atoms with Crippen LogP contribution in [0, 0.1) is 6.92 Å². The fourth-order valence-electron chi connectivity index (χ4n) is 4.10. The molecule has 0 aliphatic carbocycles. The Morgan fingerprint density at radius 2 is 1.88 bits per heavy atom. The Morgan fingerprint density at radius 3 is 2.53 bits per heavy atom. The van der Waals surface area contributed by atoms with Gasteiger partial charge in [-0.2, -0.15) is 0 Å². The van der Waals surface area contributed by atoms with Crippen molar-refractivity contribution in [2.24, 2.45) is 0 Å². The zero-order valence-corrected chi connectivity index (χ0v) is 18.5. The van der Waals surface area contributed by atoms with Crippen LogP contribution in [-0.4, -0.2) is 61.2 Å². The minimum Gasteiger partial charge on any atom is -0.463 e. The number of amides is 2. The Morgan fingerprint density at radius 1 is 1.12 bits per heavy atom. The largest absolute Gasteiger partial charge is 0.463 e. The predicted octanol–water partition coefficient (Wildman–Crippen LogP) is 2.38. The molecule has 2 amide bonds. The van der Waals surface area contributed by atoms with Gasteiger partial charge in [0.05, 0.1) is 18.2 Å². The normalized spacial score (nSPS) is 19.4. The van der Waals surface area contributed by atoms with Crippen molar-refractivity contribution >= 4 is 17.8 Å². The number of esters is 1. The number of nitrogens with zero attached hydrogens (tertiary/aromatic N) is 3. The van der Waals surface area contributed by atoms with E-state index in [2.05, 4.69) is 25.4 Å². The fourth-order valence-corrected chi connectivity index (χ4v) is 4.10. The highest BCUT2D eigenvalue weighted by Gasteiger charge is 2.34. The molecule has 3 heterocycles. The number of carbonyl (C=O) groups is 2. The summed E-state index contributed by atoms with van der Waals surface area (Å²) in [4.78, 5) is 34.3. The zero-order chi connectivity index (χ0) is 22.5. The van der Waals surface area contributed by atoms with Crippen molar-refractivity contribution in [2.75, 3.05) is 44.2 Å². The number of hydrogen-bond acceptors (Lipinski definition) is 6. The molecule has 1 atom stereocenters. The average Bonchev–Trinajstić information content (AvgIpc) is 2.80. The maximum Gasteiger partial charge on any atom is 0.338 e. The van der Waals surface area contributed by atoms with Gasteiger partial charge in [-0.15, -0.1) is 0 Å². The van der Waals surface area contributed by atoms with Crippen LogP contribution in [0.4, 0.5) is 10.6 Å². The van der Waals surface area contributed by atoms with Crippen LogP contribution in [0.2, 0.25) is 0 Å². The molecule has 0 radical (unpaired) electrons. The van der Waals surface area contributed by atoms with E-state index in [1.54, 1.807) is 13.1 Å². The first kappa shape index (κ1) is 21.8. The lowest BCUT2D eigenvalue weighted by Gasteiger charge is -2.37. The monoisotopic (exact) mass is 435 g/mol. The van der Waals surface area contributed by atoms with Crippen molar-refractivity contribution in [1.82, 2.24) is 20.5 Å². The van der Waals surface area contributed by atoms with Crippen LogP contribution >= 0.6 is 0 Å². The maximum absolute atomic E-state index is 12.9. The molecule has 32 heavy (non-hydrogen) atoms. The molecule has 1 saturated heterocycles. The summed E-state index contributed by atoms with van der Waals surface area (Å²) in [5.41, 5.74) is 3.03. The first-order valence-corrected chi connectivity index (χ1v) is 11.0. The van der Waals surface area contributed by atoms with Gasteiger partial charge in [0.25, 0.3) is 0 Å². The third-order valence-electron chi connectivity index (χ3n) is 5.79. The van der Waals surface area contributed by atoms with Crippen molar-refractivity contribution in [2.45, 2.75) is 19.9 Å². The number of aryl methyl sites for hydroxylation is 1. The first-order chi connectivity index (χ1) is 15.5. The van der Waals surface area contributed by atoms with Crippen LogP contribution in [0.25, 0.3) is 0 Å². The number of rotatable bonds is 6. The van der Waals surface area contributed by atoms with Gasteiger partial charge in [0.15, 0.2) is 0 Å². The van der Waals surface area contributed by atoms with Gasteiger partial charge in [0, 0.05) is 44.6 Å². The number of hydrogen-bond donors (Lipinski definition) is 2. The molecule has 0 saturated carbocycles. The standard InChI is InChI=1S/C24H29N5O3/c1-3-32-23(30)21-19(26-24(31)27-22(21)18-9-7-17(2)8-10-18)16-28-12-14-29(15-13-28)20-6-4-5-11-25-20/h4-11,22H,3,12-16H2,1-2H3,(H2,26,27,31). The lowest BCUT2D eigenvalue weighted by molar-refractivity contribution is -0.139. The van der Waals surface area contributed by atoms with Gasteiger partial charge in [0.2, 0.25) is 0 Å². The Hall–Kier alpha value is -3.39. The van der Waals surface area contributed by atoms with Gasteiger partial charge in [0.1, 0.15) is 5.82 Å². The molecule has 8 heteroatoms. The van der Waals surface area contributed by atoms with Gasteiger partial charge in [-0.1, -0.05) is 35.9 Å². The third kappa shape index (κ3) is 4.91. The van der Waals surface area contributed by atoms with Crippen LogP contribution in [0.3, 0.4) is 0 Å². The van der Waals surface area contributed by atoms with E-state index in [1.807, 2.05) is 49.4 Å². The first-order valence-electron chi connectivity index (χ1n) is 11.0. The summed E-state index contributed by atoms with van der Waals surface area (Å²) >= 11 is 0. The quantitative estimate of drug-likeness (QED) is 0.678. The van der Waals surface area contributed by atoms with E-state index in [-0.39, 0.29) is 12.6 Å². The summed E-state index contributed by atoms with van der Waals surface area (Å²) in [6, 6.07) is 12.9. The lowest BCUT2D eigenvalue weighted by Crippen LogP contribution is -2.52. The van der Waals surface area contributed by atoms with Gasteiger partial charge in [-0.25, -0.2) is 14.6 Å². The van der Waals surface area contributed by atoms with Crippen molar-refractivity contribution in [3.05, 3.63) is 71.1 Å². The second-order valence-electron chi connectivity index (χ2n) is 8.01. The molecule has 1 aromatic carbocycles. The molecule has 1 unspecified atom stereocenters. The Bertz CT molecular complexity index is 982. The van der Waals surface area contributed by atoms with E-state index in [0.29, 0.717) is 17.8 Å². The summed E-state index contributed by atoms with van der Waals surface area (Å²) in [6.45, 7) is 7.78. The van der Waals surface area contributed by atoms with Crippen molar-refractivity contribution in [1.29, 1.82) is 0 Å². The Kier molecular flexibility index (Phi) is 6.70. The third-order valence-corrected chi connectivity index (χ3v) is 5.79. The van der Waals surface area contributed by atoms with Gasteiger partial charge in [-0.3, -0.25) is 4.90 Å². The lowest BCUT2D eigenvalue weighted by atomic mass is 9.94. The molecule has 2 aromatic rings. The van der Waals surface area contributed by atoms with Crippen molar-refractivity contribution < 1.29 is 14.3 Å². The average molecular weight is 436 g/mol. The summed E-state index contributed by atoms with van der Waals surface area (Å²) in [5, 5.41) is 5.76. The predicted molar refractivity (Wildman–Crippen MR) is 122 cm³/mol. The van der Waals surface area contributed by atoms with Crippen molar-refractivity contribution in [3.8, 4) is 0 Å². The molecule has 4 rings (SSSR count). The molecule has 168 valence electrons. The molecule has 0 bridgehead atoms. The van der Waals surface area contributed by atoms with E-state index in [4.69, 9.17) is 4.74 Å². The highest BCUT2D eigenvalue weighted by atomic mass is 16.5. The molecule has 2 aliphatic rings. The van der Waals surface area contributed by atoms with E-state index >= 15 is 0 Å². The molecule has 1 fully saturated rings. The van der Waals surface area contributed by atoms with E-state index < -0.39 is 12.0 Å². The number of benzene rings is 1. The van der Waals surface area contributed by atoms with Crippen LogP contribution in [0.1, 0.15) is 24.1 Å². The SMILES string of the molecule is CCOC(=O)C1=C(CN2CCN(c3ccccn3)CC2)NC(=O)NC1c1ccc(C)cc1. The van der Waals surface area contributed by atoms with Crippen LogP contribution in [-0.2, 0) is 9.53 Å². The zero-order valence-electron chi connectivity index (χ0n) is 18.5. The number of urea groups is 1. The second-order valence-corrected chi connectivity index (χ2v) is 8.01. The Balaban J connectivity index is 1.56. The number of aromatic nitrogens is 1. The van der Waals surface area contributed by atoms with Crippen molar-refractivity contribution in [3.63, 3.8) is 0 Å².